The summed E-state index contributed by atoms with van der Waals surface area (Å²) in [4.78, 5) is 19.4. The number of imidazole rings is 1. The maximum Gasteiger partial charge on any atom is 0.327 e. The molecule has 6 nitrogen and oxygen atoms in total. The van der Waals surface area contributed by atoms with Crippen LogP contribution in [0.1, 0.15) is 34.1 Å². The molecule has 1 aromatic heterocycles. The second kappa shape index (κ2) is 8.08. The van der Waals surface area contributed by atoms with E-state index in [9.17, 15) is 4.79 Å². The Kier molecular flexibility index (Phi) is 5.81. The van der Waals surface area contributed by atoms with Crippen LogP contribution >= 0.6 is 0 Å². The normalized spacial score (nSPS) is 18.1. The monoisotopic (exact) mass is 358 g/mol. The number of benzene rings is 1. The number of hydrogen-bond acceptors (Lipinski definition) is 4. The zero-order valence-electron chi connectivity index (χ0n) is 16.2. The predicted molar refractivity (Wildman–Crippen MR) is 105 cm³/mol. The number of nitrogens with one attached hydrogen (secondary N) is 1. The first kappa shape index (κ1) is 18.7. The van der Waals surface area contributed by atoms with Gasteiger partial charge in [0.1, 0.15) is 11.8 Å². The molecule has 1 N–H and O–H groups in total. The number of para-hydroxylation sites is 1. The van der Waals surface area contributed by atoms with Crippen LogP contribution < -0.4 is 10.2 Å². The van der Waals surface area contributed by atoms with Gasteiger partial charge in [-0.25, -0.2) is 9.78 Å². The molecule has 3 rings (SSSR count). The van der Waals surface area contributed by atoms with Crippen LogP contribution in [0.5, 0.6) is 0 Å². The van der Waals surface area contributed by atoms with Crippen molar-refractivity contribution in [3.63, 3.8) is 0 Å². The van der Waals surface area contributed by atoms with Crippen LogP contribution in [-0.4, -0.2) is 47.9 Å². The molecule has 1 aliphatic rings. The van der Waals surface area contributed by atoms with Crippen LogP contribution in [0.2, 0.25) is 0 Å². The number of amides is 1. The summed E-state index contributed by atoms with van der Waals surface area (Å²) in [6, 6.07) is 5.91. The minimum Gasteiger partial charge on any atom is -0.374 e. The van der Waals surface area contributed by atoms with Gasteiger partial charge in [-0.15, -0.1) is 0 Å². The van der Waals surface area contributed by atoms with Crippen molar-refractivity contribution in [2.24, 2.45) is 11.8 Å². The molecule has 6 heteroatoms. The maximum atomic E-state index is 12.5. The third-order valence-corrected chi connectivity index (χ3v) is 4.95. The molecular weight excluding hydrogens is 328 g/mol. The van der Waals surface area contributed by atoms with Crippen molar-refractivity contribution in [3.8, 4) is 0 Å². The molecule has 2 heterocycles. The van der Waals surface area contributed by atoms with Gasteiger partial charge in [0, 0.05) is 19.6 Å². The summed E-state index contributed by atoms with van der Waals surface area (Å²) in [5.74, 6) is 1.04. The molecule has 0 bridgehead atoms. The van der Waals surface area contributed by atoms with Crippen molar-refractivity contribution in [2.45, 2.75) is 40.2 Å². The molecule has 0 aliphatic carbocycles. The van der Waals surface area contributed by atoms with E-state index in [4.69, 9.17) is 4.74 Å². The van der Waals surface area contributed by atoms with Crippen LogP contribution in [0, 0.1) is 11.8 Å². The first-order valence-electron chi connectivity index (χ1n) is 9.58. The lowest BCUT2D eigenvalue weighted by Crippen LogP contribution is -2.44. The van der Waals surface area contributed by atoms with Crippen LogP contribution in [0.4, 0.5) is 10.5 Å². The van der Waals surface area contributed by atoms with E-state index in [1.165, 1.54) is 0 Å². The molecule has 0 saturated carbocycles. The molecule has 142 valence electrons. The fraction of sp³-hybridized carbons (Fsp3) is 0.600. The number of aromatic nitrogens is 2. The SMILES string of the molecule is CC(C)CCNC(=O)n1cnc2c(N3CCOC(C(C)C)C3)cccc21. The van der Waals surface area contributed by atoms with Crippen molar-refractivity contribution in [2.75, 3.05) is 31.1 Å². The average Bonchev–Trinajstić information content (AvgIpc) is 3.05. The fourth-order valence-corrected chi connectivity index (χ4v) is 3.29. The van der Waals surface area contributed by atoms with Gasteiger partial charge in [0.15, 0.2) is 0 Å². The lowest BCUT2D eigenvalue weighted by Gasteiger charge is -2.36. The lowest BCUT2D eigenvalue weighted by molar-refractivity contribution is 0.0115. The Hall–Kier alpha value is -2.08. The summed E-state index contributed by atoms with van der Waals surface area (Å²) in [5, 5.41) is 2.98. The molecule has 1 aromatic carbocycles. The van der Waals surface area contributed by atoms with Gasteiger partial charge in [0.2, 0.25) is 0 Å². The first-order chi connectivity index (χ1) is 12.5. The van der Waals surface area contributed by atoms with E-state index in [1.54, 1.807) is 10.9 Å². The molecule has 1 fully saturated rings. The number of ether oxygens (including phenoxy) is 1. The number of rotatable bonds is 5. The first-order valence-corrected chi connectivity index (χ1v) is 9.58. The van der Waals surface area contributed by atoms with Gasteiger partial charge in [-0.3, -0.25) is 4.57 Å². The summed E-state index contributed by atoms with van der Waals surface area (Å²) >= 11 is 0. The Balaban J connectivity index is 1.81. The number of carbonyl (C=O) groups excluding carboxylic acids is 1. The predicted octanol–water partition coefficient (Wildman–Crippen LogP) is 3.50. The van der Waals surface area contributed by atoms with Crippen LogP contribution in [0.15, 0.2) is 24.5 Å². The van der Waals surface area contributed by atoms with E-state index in [1.807, 2.05) is 12.1 Å². The smallest absolute Gasteiger partial charge is 0.327 e. The highest BCUT2D eigenvalue weighted by Crippen LogP contribution is 2.28. The number of carbonyl (C=O) groups is 1. The van der Waals surface area contributed by atoms with Gasteiger partial charge < -0.3 is 15.0 Å². The van der Waals surface area contributed by atoms with E-state index in [-0.39, 0.29) is 12.1 Å². The Labute approximate surface area is 155 Å². The van der Waals surface area contributed by atoms with E-state index >= 15 is 0 Å². The average molecular weight is 358 g/mol. The quantitative estimate of drug-likeness (QED) is 0.889. The van der Waals surface area contributed by atoms with E-state index in [0.717, 1.165) is 42.8 Å². The van der Waals surface area contributed by atoms with Crippen molar-refractivity contribution in [1.29, 1.82) is 0 Å². The fourth-order valence-electron chi connectivity index (χ4n) is 3.29. The van der Waals surface area contributed by atoms with Gasteiger partial charge in [0.05, 0.1) is 23.9 Å². The molecule has 1 unspecified atom stereocenters. The number of nitrogens with zero attached hydrogens (tertiary/aromatic N) is 3. The zero-order chi connectivity index (χ0) is 18.7. The Morgan fingerprint density at radius 3 is 2.88 bits per heavy atom. The Morgan fingerprint density at radius 2 is 2.15 bits per heavy atom. The van der Waals surface area contributed by atoms with E-state index in [0.29, 0.717) is 18.4 Å². The third-order valence-electron chi connectivity index (χ3n) is 4.95. The highest BCUT2D eigenvalue weighted by atomic mass is 16.5. The molecule has 1 saturated heterocycles. The molecule has 2 aromatic rings. The standard InChI is InChI=1S/C20H30N4O2/c1-14(2)8-9-21-20(25)24-13-22-19-16(6-5-7-17(19)24)23-10-11-26-18(12-23)15(3)4/h5-7,13-15,18H,8-12H2,1-4H3,(H,21,25). The third kappa shape index (κ3) is 4.01. The Bertz CT molecular complexity index is 753. The number of anilines is 1. The molecule has 1 amide bonds. The highest BCUT2D eigenvalue weighted by Gasteiger charge is 2.25. The highest BCUT2D eigenvalue weighted by molar-refractivity contribution is 5.95. The molecule has 1 aliphatic heterocycles. The van der Waals surface area contributed by atoms with Gasteiger partial charge >= 0.3 is 6.03 Å². The number of hydrogen-bond donors (Lipinski definition) is 1. The Morgan fingerprint density at radius 1 is 1.35 bits per heavy atom. The molecule has 1 atom stereocenters. The summed E-state index contributed by atoms with van der Waals surface area (Å²) < 4.78 is 7.49. The number of morpholine rings is 1. The van der Waals surface area contributed by atoms with Gasteiger partial charge in [-0.1, -0.05) is 33.8 Å². The minimum absolute atomic E-state index is 0.118. The largest absolute Gasteiger partial charge is 0.374 e. The summed E-state index contributed by atoms with van der Waals surface area (Å²) in [6.07, 6.45) is 2.81. The van der Waals surface area contributed by atoms with E-state index < -0.39 is 0 Å². The van der Waals surface area contributed by atoms with Crippen molar-refractivity contribution >= 4 is 22.8 Å². The van der Waals surface area contributed by atoms with Gasteiger partial charge in [0.25, 0.3) is 0 Å². The topological polar surface area (TPSA) is 59.4 Å². The summed E-state index contributed by atoms with van der Waals surface area (Å²) in [6.45, 7) is 11.8. The summed E-state index contributed by atoms with van der Waals surface area (Å²) in [5.41, 5.74) is 2.79. The van der Waals surface area contributed by atoms with Crippen molar-refractivity contribution < 1.29 is 9.53 Å². The zero-order valence-corrected chi connectivity index (χ0v) is 16.2. The number of fused-ring (bicyclic) bond motifs is 1. The van der Waals surface area contributed by atoms with Crippen LogP contribution in [0.25, 0.3) is 11.0 Å². The van der Waals surface area contributed by atoms with Crippen molar-refractivity contribution in [3.05, 3.63) is 24.5 Å². The lowest BCUT2D eigenvalue weighted by atomic mass is 10.1. The summed E-state index contributed by atoms with van der Waals surface area (Å²) in [7, 11) is 0. The maximum absolute atomic E-state index is 12.5. The second-order valence-corrected chi connectivity index (χ2v) is 7.77. The second-order valence-electron chi connectivity index (χ2n) is 7.77. The van der Waals surface area contributed by atoms with Gasteiger partial charge in [-0.2, -0.15) is 0 Å². The van der Waals surface area contributed by atoms with E-state index in [2.05, 4.69) is 49.0 Å². The van der Waals surface area contributed by atoms with Gasteiger partial charge in [-0.05, 0) is 30.4 Å². The molecule has 26 heavy (non-hydrogen) atoms. The van der Waals surface area contributed by atoms with Crippen LogP contribution in [-0.2, 0) is 4.74 Å². The molecular formula is C20H30N4O2. The molecule has 0 spiro atoms. The van der Waals surface area contributed by atoms with Crippen molar-refractivity contribution in [1.82, 2.24) is 14.9 Å². The molecule has 0 radical (unpaired) electrons. The minimum atomic E-state index is -0.118. The van der Waals surface area contributed by atoms with Crippen LogP contribution in [0.3, 0.4) is 0 Å².